The summed E-state index contributed by atoms with van der Waals surface area (Å²) in [5.74, 6) is -0.781. The minimum Gasteiger partial charge on any atom is -0.481 e. The van der Waals surface area contributed by atoms with Crippen molar-refractivity contribution in [2.24, 2.45) is 0 Å². The lowest BCUT2D eigenvalue weighted by molar-refractivity contribution is -0.142. The van der Waals surface area contributed by atoms with E-state index in [0.717, 1.165) is 10.3 Å². The predicted molar refractivity (Wildman–Crippen MR) is 67.2 cm³/mol. The maximum Gasteiger partial charge on any atom is 0.314 e. The molecular formula is C13H14O2S. The largest absolute Gasteiger partial charge is 0.481 e. The van der Waals surface area contributed by atoms with Gasteiger partial charge < -0.3 is 5.11 Å². The minimum atomic E-state index is -0.809. The Balaban J connectivity index is 2.64. The first-order valence-corrected chi connectivity index (χ1v) is 5.97. The molecule has 1 N–H and O–H groups in total. The van der Waals surface area contributed by atoms with Gasteiger partial charge in [0.15, 0.2) is 0 Å². The molecule has 0 fully saturated rings. The number of rotatable bonds is 2. The first-order valence-electron chi connectivity index (χ1n) is 5.16. The van der Waals surface area contributed by atoms with Gasteiger partial charge in [-0.15, -0.1) is 11.3 Å². The Morgan fingerprint density at radius 2 is 2.06 bits per heavy atom. The van der Waals surface area contributed by atoms with Crippen molar-refractivity contribution in [2.75, 3.05) is 0 Å². The van der Waals surface area contributed by atoms with E-state index in [0.29, 0.717) is 0 Å². The van der Waals surface area contributed by atoms with Gasteiger partial charge in [0.1, 0.15) is 0 Å². The molecule has 1 heterocycles. The molecule has 0 saturated heterocycles. The summed E-state index contributed by atoms with van der Waals surface area (Å²) in [6.07, 6.45) is 0. The van der Waals surface area contributed by atoms with Crippen molar-refractivity contribution in [1.29, 1.82) is 0 Å². The Kier molecular flexibility index (Phi) is 2.50. The topological polar surface area (TPSA) is 37.3 Å². The fourth-order valence-electron chi connectivity index (χ4n) is 1.62. The average molecular weight is 234 g/mol. The lowest BCUT2D eigenvalue weighted by Crippen LogP contribution is -2.27. The van der Waals surface area contributed by atoms with Crippen LogP contribution in [0.5, 0.6) is 0 Å². The van der Waals surface area contributed by atoms with Crippen LogP contribution in [0.2, 0.25) is 0 Å². The van der Waals surface area contributed by atoms with Crippen molar-refractivity contribution in [3.05, 3.63) is 34.7 Å². The Labute approximate surface area is 98.5 Å². The molecular weight excluding hydrogens is 220 g/mol. The average Bonchev–Trinajstić information content (AvgIpc) is 2.63. The normalized spacial score (nSPS) is 11.9. The third kappa shape index (κ3) is 1.61. The standard InChI is InChI=1S/C13H14O2S/c1-8-5-4-6-9-7-10(16-11(8)9)13(2,3)12(14)15/h4-7H,1-3H3,(H,14,15). The zero-order chi connectivity index (χ0) is 11.9. The molecule has 0 aliphatic rings. The zero-order valence-corrected chi connectivity index (χ0v) is 10.4. The summed E-state index contributed by atoms with van der Waals surface area (Å²) in [4.78, 5) is 12.1. The van der Waals surface area contributed by atoms with Gasteiger partial charge in [0.05, 0.1) is 5.41 Å². The smallest absolute Gasteiger partial charge is 0.314 e. The molecule has 2 nitrogen and oxygen atoms in total. The van der Waals surface area contributed by atoms with Crippen molar-refractivity contribution in [3.8, 4) is 0 Å². The number of fused-ring (bicyclic) bond motifs is 1. The van der Waals surface area contributed by atoms with Gasteiger partial charge in [-0.1, -0.05) is 18.2 Å². The van der Waals surface area contributed by atoms with Crippen LogP contribution in [0.4, 0.5) is 0 Å². The number of aliphatic carboxylic acids is 1. The highest BCUT2D eigenvalue weighted by Gasteiger charge is 2.31. The van der Waals surface area contributed by atoms with Crippen LogP contribution in [0.25, 0.3) is 10.1 Å². The van der Waals surface area contributed by atoms with Crippen LogP contribution < -0.4 is 0 Å². The molecule has 1 aromatic heterocycles. The molecule has 16 heavy (non-hydrogen) atoms. The van der Waals surface area contributed by atoms with Crippen molar-refractivity contribution < 1.29 is 9.90 Å². The number of hydrogen-bond donors (Lipinski definition) is 1. The maximum atomic E-state index is 11.2. The molecule has 0 atom stereocenters. The molecule has 0 amide bonds. The molecule has 2 aromatic rings. The highest BCUT2D eigenvalue weighted by Crippen LogP contribution is 2.36. The number of carboxylic acid groups (broad SMARTS) is 1. The molecule has 0 aliphatic heterocycles. The van der Waals surface area contributed by atoms with Crippen molar-refractivity contribution >= 4 is 27.4 Å². The van der Waals surface area contributed by atoms with Crippen LogP contribution in [0.1, 0.15) is 24.3 Å². The van der Waals surface area contributed by atoms with Crippen molar-refractivity contribution in [3.63, 3.8) is 0 Å². The van der Waals surface area contributed by atoms with Crippen molar-refractivity contribution in [1.82, 2.24) is 0 Å². The van der Waals surface area contributed by atoms with Crippen LogP contribution in [-0.4, -0.2) is 11.1 Å². The predicted octanol–water partition coefficient (Wildman–Crippen LogP) is 3.57. The van der Waals surface area contributed by atoms with E-state index in [9.17, 15) is 9.90 Å². The van der Waals surface area contributed by atoms with Gasteiger partial charge in [-0.3, -0.25) is 4.79 Å². The van der Waals surface area contributed by atoms with Gasteiger partial charge in [0.25, 0.3) is 0 Å². The van der Waals surface area contributed by atoms with Gasteiger partial charge >= 0.3 is 5.97 Å². The number of carbonyl (C=O) groups is 1. The first kappa shape index (κ1) is 11.1. The molecule has 0 bridgehead atoms. The van der Waals surface area contributed by atoms with Crippen LogP contribution in [0.3, 0.4) is 0 Å². The van der Waals surface area contributed by atoms with E-state index in [1.807, 2.05) is 18.2 Å². The third-order valence-electron chi connectivity index (χ3n) is 2.89. The molecule has 3 heteroatoms. The number of carboxylic acids is 1. The first-order chi connectivity index (χ1) is 7.43. The minimum absolute atomic E-state index is 0.781. The van der Waals surface area contributed by atoms with E-state index in [2.05, 4.69) is 13.0 Å². The Morgan fingerprint density at radius 1 is 1.38 bits per heavy atom. The molecule has 0 spiro atoms. The Bertz CT molecular complexity index is 552. The second-order valence-corrected chi connectivity index (χ2v) is 5.59. The summed E-state index contributed by atoms with van der Waals surface area (Å²) in [6.45, 7) is 5.54. The highest BCUT2D eigenvalue weighted by molar-refractivity contribution is 7.19. The Hall–Kier alpha value is -1.35. The molecule has 0 radical (unpaired) electrons. The zero-order valence-electron chi connectivity index (χ0n) is 9.57. The van der Waals surface area contributed by atoms with E-state index in [-0.39, 0.29) is 0 Å². The summed E-state index contributed by atoms with van der Waals surface area (Å²) in [7, 11) is 0. The highest BCUT2D eigenvalue weighted by atomic mass is 32.1. The molecule has 0 unspecified atom stereocenters. The quantitative estimate of drug-likeness (QED) is 0.862. The summed E-state index contributed by atoms with van der Waals surface area (Å²) < 4.78 is 1.19. The van der Waals surface area contributed by atoms with E-state index >= 15 is 0 Å². The van der Waals surface area contributed by atoms with Crippen molar-refractivity contribution in [2.45, 2.75) is 26.2 Å². The molecule has 2 rings (SSSR count). The van der Waals surface area contributed by atoms with E-state index < -0.39 is 11.4 Å². The monoisotopic (exact) mass is 234 g/mol. The van der Waals surface area contributed by atoms with Gasteiger partial charge in [0.2, 0.25) is 0 Å². The molecule has 84 valence electrons. The van der Waals surface area contributed by atoms with Gasteiger partial charge in [-0.25, -0.2) is 0 Å². The fraction of sp³-hybridized carbons (Fsp3) is 0.308. The maximum absolute atomic E-state index is 11.2. The van der Waals surface area contributed by atoms with Crippen LogP contribution in [-0.2, 0) is 10.2 Å². The lowest BCUT2D eigenvalue weighted by Gasteiger charge is -2.16. The summed E-state index contributed by atoms with van der Waals surface area (Å²) in [5, 5.41) is 10.3. The molecule has 1 aromatic carbocycles. The fourth-order valence-corrected chi connectivity index (χ4v) is 2.84. The van der Waals surface area contributed by atoms with Gasteiger partial charge in [-0.2, -0.15) is 0 Å². The second kappa shape index (κ2) is 3.59. The van der Waals surface area contributed by atoms with Crippen LogP contribution in [0, 0.1) is 6.92 Å². The van der Waals surface area contributed by atoms with Crippen LogP contribution in [0.15, 0.2) is 24.3 Å². The van der Waals surface area contributed by atoms with Gasteiger partial charge in [0, 0.05) is 9.58 Å². The summed E-state index contributed by atoms with van der Waals surface area (Å²) in [6, 6.07) is 8.07. The third-order valence-corrected chi connectivity index (χ3v) is 4.50. The number of thiophene rings is 1. The summed E-state index contributed by atoms with van der Waals surface area (Å²) >= 11 is 1.58. The van der Waals surface area contributed by atoms with E-state index in [4.69, 9.17) is 0 Å². The second-order valence-electron chi connectivity index (χ2n) is 4.53. The number of aryl methyl sites for hydroxylation is 1. The molecule has 0 aliphatic carbocycles. The number of benzene rings is 1. The van der Waals surface area contributed by atoms with Gasteiger partial charge in [-0.05, 0) is 37.8 Å². The Morgan fingerprint density at radius 3 is 2.62 bits per heavy atom. The summed E-state index contributed by atoms with van der Waals surface area (Å²) in [5.41, 5.74) is 0.394. The SMILES string of the molecule is Cc1cccc2cc(C(C)(C)C(=O)O)sc12. The van der Waals surface area contributed by atoms with E-state index in [1.54, 1.807) is 25.2 Å². The van der Waals surface area contributed by atoms with E-state index in [1.165, 1.54) is 10.3 Å². The number of hydrogen-bond acceptors (Lipinski definition) is 2. The lowest BCUT2D eigenvalue weighted by atomic mass is 9.91. The molecule has 0 saturated carbocycles. The van der Waals surface area contributed by atoms with Crippen LogP contribution >= 0.6 is 11.3 Å².